The highest BCUT2D eigenvalue weighted by Gasteiger charge is 2.12. The number of hydrogen-bond acceptors (Lipinski definition) is 4. The summed E-state index contributed by atoms with van der Waals surface area (Å²) in [5.41, 5.74) is 1.13. The molecule has 0 spiro atoms. The van der Waals surface area contributed by atoms with Gasteiger partial charge in [0.2, 0.25) is 0 Å². The average Bonchev–Trinajstić information content (AvgIpc) is 2.85. The molecule has 0 bridgehead atoms. The minimum Gasteiger partial charge on any atom is -0.404 e. The quantitative estimate of drug-likeness (QED) is 0.670. The molecule has 19 heavy (non-hydrogen) atoms. The Labute approximate surface area is 118 Å². The molecule has 0 fully saturated rings. The molecule has 1 N–H and O–H groups in total. The molecule has 0 radical (unpaired) electrons. The summed E-state index contributed by atoms with van der Waals surface area (Å²) < 4.78 is 6.10. The Kier molecular flexibility index (Phi) is 4.34. The highest BCUT2D eigenvalue weighted by Crippen LogP contribution is 2.19. The summed E-state index contributed by atoms with van der Waals surface area (Å²) in [4.78, 5) is 9.96. The van der Waals surface area contributed by atoms with Crippen LogP contribution in [0.25, 0.3) is 0 Å². The summed E-state index contributed by atoms with van der Waals surface area (Å²) in [6, 6.07) is 11.1. The fourth-order valence-corrected chi connectivity index (χ4v) is 2.12. The molecule has 1 heterocycles. The van der Waals surface area contributed by atoms with E-state index in [9.17, 15) is 10.1 Å². The van der Waals surface area contributed by atoms with Crippen LogP contribution in [-0.4, -0.2) is 4.92 Å². The normalized spacial score (nSPS) is 12.3. The summed E-state index contributed by atoms with van der Waals surface area (Å²) in [7, 11) is 0. The van der Waals surface area contributed by atoms with Crippen LogP contribution in [0, 0.1) is 10.1 Å². The Morgan fingerprint density at radius 3 is 2.84 bits per heavy atom. The van der Waals surface area contributed by atoms with Crippen LogP contribution in [0.1, 0.15) is 24.3 Å². The number of hydrogen-bond donors (Lipinski definition) is 1. The van der Waals surface area contributed by atoms with Gasteiger partial charge < -0.3 is 9.73 Å². The zero-order valence-corrected chi connectivity index (χ0v) is 11.9. The summed E-state index contributed by atoms with van der Waals surface area (Å²) in [5, 5.41) is 13.8. The largest absolute Gasteiger partial charge is 0.433 e. The Hall–Kier alpha value is -1.66. The van der Waals surface area contributed by atoms with E-state index in [1.165, 1.54) is 6.07 Å². The molecule has 1 aromatic carbocycles. The van der Waals surface area contributed by atoms with Crippen LogP contribution in [0.5, 0.6) is 0 Å². The molecule has 2 rings (SSSR count). The van der Waals surface area contributed by atoms with Crippen LogP contribution >= 0.6 is 15.9 Å². The predicted molar refractivity (Wildman–Crippen MR) is 74.8 cm³/mol. The van der Waals surface area contributed by atoms with Gasteiger partial charge in [-0.1, -0.05) is 28.1 Å². The van der Waals surface area contributed by atoms with Gasteiger partial charge in [-0.2, -0.15) is 0 Å². The fraction of sp³-hybridized carbons (Fsp3) is 0.231. The highest BCUT2D eigenvalue weighted by molar-refractivity contribution is 9.10. The Morgan fingerprint density at radius 2 is 2.21 bits per heavy atom. The van der Waals surface area contributed by atoms with Crippen molar-refractivity contribution in [1.29, 1.82) is 0 Å². The van der Waals surface area contributed by atoms with E-state index in [2.05, 4.69) is 21.2 Å². The van der Waals surface area contributed by atoms with E-state index in [1.54, 1.807) is 6.07 Å². The standard InChI is InChI=1S/C13H13BrN2O3/c1-9(10-3-2-4-11(14)7-10)15-8-12-5-6-13(19-12)16(17)18/h2-7,9,15H,8H2,1H3/t9-/m1/s1. The molecular formula is C13H13BrN2O3. The molecular weight excluding hydrogens is 312 g/mol. The topological polar surface area (TPSA) is 68.3 Å². The van der Waals surface area contributed by atoms with Crippen molar-refractivity contribution in [3.05, 3.63) is 62.3 Å². The van der Waals surface area contributed by atoms with Crippen LogP contribution in [0.2, 0.25) is 0 Å². The Balaban J connectivity index is 1.96. The molecule has 0 saturated carbocycles. The van der Waals surface area contributed by atoms with Crippen molar-refractivity contribution in [2.24, 2.45) is 0 Å². The van der Waals surface area contributed by atoms with Crippen LogP contribution in [-0.2, 0) is 6.54 Å². The molecule has 0 aliphatic carbocycles. The maximum Gasteiger partial charge on any atom is 0.433 e. The van der Waals surface area contributed by atoms with Crippen LogP contribution < -0.4 is 5.32 Å². The smallest absolute Gasteiger partial charge is 0.404 e. The summed E-state index contributed by atoms with van der Waals surface area (Å²) in [6.45, 7) is 2.47. The number of nitrogens with one attached hydrogen (secondary N) is 1. The van der Waals surface area contributed by atoms with E-state index in [0.29, 0.717) is 12.3 Å². The maximum absolute atomic E-state index is 10.5. The van der Waals surface area contributed by atoms with Gasteiger partial charge in [-0.3, -0.25) is 10.1 Å². The Bertz CT molecular complexity index is 583. The molecule has 2 aromatic rings. The number of nitro groups is 1. The first-order chi connectivity index (χ1) is 9.06. The second kappa shape index (κ2) is 5.99. The number of nitrogens with zero attached hydrogens (tertiary/aromatic N) is 1. The summed E-state index contributed by atoms with van der Waals surface area (Å²) in [6.07, 6.45) is 0. The molecule has 1 aromatic heterocycles. The van der Waals surface area contributed by atoms with Crippen molar-refractivity contribution >= 4 is 21.8 Å². The lowest BCUT2D eigenvalue weighted by atomic mass is 10.1. The average molecular weight is 325 g/mol. The molecule has 0 aliphatic rings. The first-order valence-electron chi connectivity index (χ1n) is 5.78. The van der Waals surface area contributed by atoms with Crippen molar-refractivity contribution in [3.63, 3.8) is 0 Å². The predicted octanol–water partition coefficient (Wildman–Crippen LogP) is 3.80. The summed E-state index contributed by atoms with van der Waals surface area (Å²) in [5.74, 6) is 0.320. The Morgan fingerprint density at radius 1 is 1.42 bits per heavy atom. The van der Waals surface area contributed by atoms with Crippen LogP contribution in [0.3, 0.4) is 0 Å². The SMILES string of the molecule is C[C@@H](NCc1ccc([N+](=O)[O-])o1)c1cccc(Br)c1. The third kappa shape index (κ3) is 3.65. The lowest BCUT2D eigenvalue weighted by Crippen LogP contribution is -2.17. The molecule has 5 nitrogen and oxygen atoms in total. The second-order valence-electron chi connectivity index (χ2n) is 4.15. The molecule has 0 saturated heterocycles. The minimum absolute atomic E-state index is 0.127. The van der Waals surface area contributed by atoms with E-state index in [4.69, 9.17) is 4.42 Å². The number of rotatable bonds is 5. The zero-order chi connectivity index (χ0) is 13.8. The fourth-order valence-electron chi connectivity index (χ4n) is 1.71. The van der Waals surface area contributed by atoms with Crippen molar-refractivity contribution in [1.82, 2.24) is 5.32 Å². The number of furan rings is 1. The molecule has 0 unspecified atom stereocenters. The summed E-state index contributed by atoms with van der Waals surface area (Å²) >= 11 is 3.42. The highest BCUT2D eigenvalue weighted by atomic mass is 79.9. The lowest BCUT2D eigenvalue weighted by Gasteiger charge is -2.13. The molecule has 0 amide bonds. The molecule has 100 valence electrons. The van der Waals surface area contributed by atoms with E-state index < -0.39 is 4.92 Å². The van der Waals surface area contributed by atoms with Gasteiger partial charge in [-0.15, -0.1) is 0 Å². The maximum atomic E-state index is 10.5. The first-order valence-corrected chi connectivity index (χ1v) is 6.57. The lowest BCUT2D eigenvalue weighted by molar-refractivity contribution is -0.402. The van der Waals surface area contributed by atoms with Gasteiger partial charge in [0, 0.05) is 10.5 Å². The van der Waals surface area contributed by atoms with Crippen molar-refractivity contribution < 1.29 is 9.34 Å². The van der Waals surface area contributed by atoms with Gasteiger partial charge in [0.15, 0.2) is 0 Å². The van der Waals surface area contributed by atoms with E-state index in [-0.39, 0.29) is 11.9 Å². The second-order valence-corrected chi connectivity index (χ2v) is 5.07. The van der Waals surface area contributed by atoms with E-state index in [1.807, 2.05) is 31.2 Å². The van der Waals surface area contributed by atoms with Crippen LogP contribution in [0.4, 0.5) is 5.88 Å². The number of benzene rings is 1. The third-order valence-corrected chi connectivity index (χ3v) is 3.25. The van der Waals surface area contributed by atoms with E-state index in [0.717, 1.165) is 10.0 Å². The van der Waals surface area contributed by atoms with Crippen molar-refractivity contribution in [2.45, 2.75) is 19.5 Å². The van der Waals surface area contributed by atoms with E-state index >= 15 is 0 Å². The molecule has 0 aliphatic heterocycles. The van der Waals surface area contributed by atoms with Gasteiger partial charge in [-0.05, 0) is 30.7 Å². The number of halogens is 1. The van der Waals surface area contributed by atoms with Crippen LogP contribution in [0.15, 0.2) is 45.3 Å². The molecule has 6 heteroatoms. The van der Waals surface area contributed by atoms with Gasteiger partial charge in [0.1, 0.15) is 10.7 Å². The van der Waals surface area contributed by atoms with Gasteiger partial charge in [-0.25, -0.2) is 0 Å². The van der Waals surface area contributed by atoms with Gasteiger partial charge >= 0.3 is 5.88 Å². The zero-order valence-electron chi connectivity index (χ0n) is 10.3. The third-order valence-electron chi connectivity index (χ3n) is 2.76. The molecule has 1 atom stereocenters. The first kappa shape index (κ1) is 13.8. The minimum atomic E-state index is -0.540. The van der Waals surface area contributed by atoms with Crippen molar-refractivity contribution in [2.75, 3.05) is 0 Å². The van der Waals surface area contributed by atoms with Crippen molar-refractivity contribution in [3.8, 4) is 0 Å². The monoisotopic (exact) mass is 324 g/mol. The van der Waals surface area contributed by atoms with Gasteiger partial charge in [0.25, 0.3) is 0 Å². The van der Waals surface area contributed by atoms with Gasteiger partial charge in [0.05, 0.1) is 12.6 Å².